The van der Waals surface area contributed by atoms with E-state index in [9.17, 15) is 0 Å². The molecule has 1 aliphatic rings. The lowest BCUT2D eigenvalue weighted by Crippen LogP contribution is -2.57. The summed E-state index contributed by atoms with van der Waals surface area (Å²) in [5.74, 6) is 6.58. The molecule has 0 aliphatic carbocycles. The van der Waals surface area contributed by atoms with Crippen molar-refractivity contribution in [2.75, 3.05) is 13.2 Å². The summed E-state index contributed by atoms with van der Waals surface area (Å²) in [5.41, 5.74) is 4.66. The minimum Gasteiger partial charge on any atom is -0.381 e. The predicted octanol–water partition coefficient (Wildman–Crippen LogP) is 3.00. The molecule has 1 saturated heterocycles. The number of nitrogens with two attached hydrogens (primary N) is 1. The van der Waals surface area contributed by atoms with Gasteiger partial charge in [-0.2, -0.15) is 0 Å². The highest BCUT2D eigenvalue weighted by Crippen LogP contribution is 2.41. The number of benzene rings is 1. The molecule has 1 aromatic rings. The van der Waals surface area contributed by atoms with Crippen molar-refractivity contribution in [1.82, 2.24) is 5.43 Å². The second-order valence-corrected chi connectivity index (χ2v) is 5.86. The predicted molar refractivity (Wildman–Crippen MR) is 83.4 cm³/mol. The maximum absolute atomic E-state index is 5.99. The smallest absolute Gasteiger partial charge is 0.0475 e. The van der Waals surface area contributed by atoms with Gasteiger partial charge < -0.3 is 4.74 Å². The third-order valence-electron chi connectivity index (χ3n) is 5.03. The van der Waals surface area contributed by atoms with Crippen LogP contribution in [-0.2, 0) is 10.2 Å². The topological polar surface area (TPSA) is 47.3 Å². The van der Waals surface area contributed by atoms with Crippen LogP contribution in [0.15, 0.2) is 30.3 Å². The number of hydrogen-bond acceptors (Lipinski definition) is 3. The standard InChI is InChI=1S/C17H28N2O/c1-3-14(4-2)16(19-18)17(10-12-20-13-11-17)15-8-6-5-7-9-15/h5-9,14,16,19H,3-4,10-13,18H2,1-2H3. The maximum atomic E-state index is 5.99. The fourth-order valence-corrected chi connectivity index (χ4v) is 3.79. The van der Waals surface area contributed by atoms with Gasteiger partial charge in [-0.25, -0.2) is 0 Å². The van der Waals surface area contributed by atoms with Gasteiger partial charge in [0.2, 0.25) is 0 Å². The lowest BCUT2D eigenvalue weighted by atomic mass is 9.64. The summed E-state index contributed by atoms with van der Waals surface area (Å²) in [7, 11) is 0. The molecule has 3 N–H and O–H groups in total. The average Bonchev–Trinajstić information content (AvgIpc) is 2.54. The van der Waals surface area contributed by atoms with Crippen molar-refractivity contribution in [2.24, 2.45) is 11.8 Å². The third kappa shape index (κ3) is 2.90. The molecule has 1 fully saturated rings. The zero-order valence-electron chi connectivity index (χ0n) is 12.8. The summed E-state index contributed by atoms with van der Waals surface area (Å²) >= 11 is 0. The second kappa shape index (κ2) is 7.21. The second-order valence-electron chi connectivity index (χ2n) is 5.86. The Hall–Kier alpha value is -0.900. The van der Waals surface area contributed by atoms with Crippen molar-refractivity contribution in [3.05, 3.63) is 35.9 Å². The van der Waals surface area contributed by atoms with Gasteiger partial charge in [-0.3, -0.25) is 11.3 Å². The average molecular weight is 276 g/mol. The molecular formula is C17H28N2O. The van der Waals surface area contributed by atoms with Gasteiger partial charge in [-0.1, -0.05) is 57.0 Å². The maximum Gasteiger partial charge on any atom is 0.0475 e. The Labute approximate surface area is 122 Å². The van der Waals surface area contributed by atoms with Crippen LogP contribution >= 0.6 is 0 Å². The molecule has 1 unspecified atom stereocenters. The minimum absolute atomic E-state index is 0.102. The van der Waals surface area contributed by atoms with Gasteiger partial charge >= 0.3 is 0 Å². The van der Waals surface area contributed by atoms with Gasteiger partial charge in [-0.15, -0.1) is 0 Å². The number of hydrazine groups is 1. The molecule has 0 bridgehead atoms. The van der Waals surface area contributed by atoms with Crippen LogP contribution in [0.4, 0.5) is 0 Å². The van der Waals surface area contributed by atoms with Crippen molar-refractivity contribution < 1.29 is 4.74 Å². The molecule has 3 nitrogen and oxygen atoms in total. The van der Waals surface area contributed by atoms with E-state index in [0.29, 0.717) is 12.0 Å². The van der Waals surface area contributed by atoms with Crippen LogP contribution in [0.25, 0.3) is 0 Å². The van der Waals surface area contributed by atoms with Gasteiger partial charge in [0.1, 0.15) is 0 Å². The van der Waals surface area contributed by atoms with E-state index in [1.165, 1.54) is 5.56 Å². The van der Waals surface area contributed by atoms with E-state index < -0.39 is 0 Å². The van der Waals surface area contributed by atoms with E-state index in [4.69, 9.17) is 10.6 Å². The largest absolute Gasteiger partial charge is 0.381 e. The Balaban J connectivity index is 2.40. The molecule has 2 rings (SSSR count). The number of nitrogens with one attached hydrogen (secondary N) is 1. The zero-order chi connectivity index (χ0) is 14.4. The summed E-state index contributed by atoms with van der Waals surface area (Å²) in [6.45, 7) is 6.17. The van der Waals surface area contributed by atoms with Crippen molar-refractivity contribution in [1.29, 1.82) is 0 Å². The van der Waals surface area contributed by atoms with Gasteiger partial charge in [0.25, 0.3) is 0 Å². The van der Waals surface area contributed by atoms with Crippen LogP contribution in [0, 0.1) is 5.92 Å². The molecule has 1 aromatic carbocycles. The molecule has 0 spiro atoms. The first-order valence-corrected chi connectivity index (χ1v) is 7.88. The summed E-state index contributed by atoms with van der Waals surface area (Å²) in [6.07, 6.45) is 4.40. The van der Waals surface area contributed by atoms with Crippen LogP contribution in [0.3, 0.4) is 0 Å². The van der Waals surface area contributed by atoms with E-state index in [-0.39, 0.29) is 5.41 Å². The SMILES string of the molecule is CCC(CC)C(NN)C1(c2ccccc2)CCOCC1. The number of ether oxygens (including phenoxy) is 1. The fraction of sp³-hybridized carbons (Fsp3) is 0.647. The summed E-state index contributed by atoms with van der Waals surface area (Å²) in [5, 5.41) is 0. The van der Waals surface area contributed by atoms with Gasteiger partial charge in [0.15, 0.2) is 0 Å². The first kappa shape index (κ1) is 15.5. The van der Waals surface area contributed by atoms with Crippen molar-refractivity contribution in [3.8, 4) is 0 Å². The molecule has 0 radical (unpaired) electrons. The van der Waals surface area contributed by atoms with E-state index >= 15 is 0 Å². The van der Waals surface area contributed by atoms with Crippen LogP contribution < -0.4 is 11.3 Å². The molecule has 3 heteroatoms. The van der Waals surface area contributed by atoms with Crippen LogP contribution in [0.5, 0.6) is 0 Å². The lowest BCUT2D eigenvalue weighted by molar-refractivity contribution is 0.0225. The Morgan fingerprint density at radius 2 is 1.75 bits per heavy atom. The lowest BCUT2D eigenvalue weighted by Gasteiger charge is -2.46. The monoisotopic (exact) mass is 276 g/mol. The van der Waals surface area contributed by atoms with E-state index in [2.05, 4.69) is 49.6 Å². The highest BCUT2D eigenvalue weighted by molar-refractivity contribution is 5.29. The fourth-order valence-electron chi connectivity index (χ4n) is 3.79. The normalized spacial score (nSPS) is 20.0. The zero-order valence-corrected chi connectivity index (χ0v) is 12.8. The Morgan fingerprint density at radius 1 is 1.15 bits per heavy atom. The molecule has 20 heavy (non-hydrogen) atoms. The van der Waals surface area contributed by atoms with E-state index in [0.717, 1.165) is 38.9 Å². The highest BCUT2D eigenvalue weighted by atomic mass is 16.5. The van der Waals surface area contributed by atoms with Crippen molar-refractivity contribution in [2.45, 2.75) is 51.0 Å². The first-order chi connectivity index (χ1) is 9.78. The molecule has 1 atom stereocenters. The van der Waals surface area contributed by atoms with Crippen LogP contribution in [0.1, 0.15) is 45.1 Å². The molecule has 112 valence electrons. The molecular weight excluding hydrogens is 248 g/mol. The molecule has 0 amide bonds. The summed E-state index contributed by atoms with van der Waals surface area (Å²) in [4.78, 5) is 0. The van der Waals surface area contributed by atoms with Gasteiger partial charge in [0.05, 0.1) is 0 Å². The summed E-state index contributed by atoms with van der Waals surface area (Å²) in [6, 6.07) is 11.2. The van der Waals surface area contributed by atoms with Crippen molar-refractivity contribution in [3.63, 3.8) is 0 Å². The van der Waals surface area contributed by atoms with Crippen LogP contribution in [-0.4, -0.2) is 19.3 Å². The van der Waals surface area contributed by atoms with Gasteiger partial charge in [-0.05, 0) is 24.3 Å². The molecule has 0 aromatic heterocycles. The van der Waals surface area contributed by atoms with Crippen molar-refractivity contribution >= 4 is 0 Å². The summed E-state index contributed by atoms with van der Waals surface area (Å²) < 4.78 is 5.62. The van der Waals surface area contributed by atoms with Gasteiger partial charge in [0, 0.05) is 24.7 Å². The van der Waals surface area contributed by atoms with E-state index in [1.54, 1.807) is 0 Å². The molecule has 0 saturated carbocycles. The quantitative estimate of drug-likeness (QED) is 0.620. The number of hydrogen-bond donors (Lipinski definition) is 2. The highest BCUT2D eigenvalue weighted by Gasteiger charge is 2.43. The Kier molecular flexibility index (Phi) is 5.58. The van der Waals surface area contributed by atoms with E-state index in [1.807, 2.05) is 0 Å². The number of rotatable bonds is 6. The minimum atomic E-state index is 0.102. The molecule has 1 aliphatic heterocycles. The van der Waals surface area contributed by atoms with Crippen LogP contribution in [0.2, 0.25) is 0 Å². The molecule has 1 heterocycles. The third-order valence-corrected chi connectivity index (χ3v) is 5.03. The Morgan fingerprint density at radius 3 is 2.25 bits per heavy atom. The first-order valence-electron chi connectivity index (χ1n) is 7.88. The Bertz CT molecular complexity index is 383.